The van der Waals surface area contributed by atoms with E-state index in [0.717, 1.165) is 48.1 Å². The predicted molar refractivity (Wildman–Crippen MR) is 172 cm³/mol. The van der Waals surface area contributed by atoms with Crippen LogP contribution in [0.3, 0.4) is 0 Å². The number of H-pyrrole nitrogens is 1. The summed E-state index contributed by atoms with van der Waals surface area (Å²) in [6, 6.07) is 11.0. The second-order valence-corrected chi connectivity index (χ2v) is 13.5. The number of pyridine rings is 1. The number of carbonyl (C=O) groups excluding carboxylic acids is 1. The number of aromatic nitrogens is 2. The molecule has 6 rings (SSSR count). The summed E-state index contributed by atoms with van der Waals surface area (Å²) in [4.78, 5) is 23.0. The highest BCUT2D eigenvalue weighted by Gasteiger charge is 2.33. The molecule has 2 saturated heterocycles. The van der Waals surface area contributed by atoms with Crippen molar-refractivity contribution in [3.05, 3.63) is 77.1 Å². The molecule has 252 valence electrons. The largest absolute Gasteiger partial charge is 0.370 e. The number of ether oxygens (including phenoxy) is 2. The second-order valence-electron chi connectivity index (χ2n) is 11.8. The molecule has 2 fully saturated rings. The summed E-state index contributed by atoms with van der Waals surface area (Å²) in [5.41, 5.74) is 1.01. The third-order valence-electron chi connectivity index (χ3n) is 8.95. The number of aromatic amines is 1. The number of ketones is 1. The predicted octanol–water partition coefficient (Wildman–Crippen LogP) is 5.15. The number of fused-ring (bicyclic) bond motifs is 1. The van der Waals surface area contributed by atoms with Crippen molar-refractivity contribution >= 4 is 38.4 Å². The molecule has 0 aliphatic carbocycles. The molecule has 0 bridgehead atoms. The van der Waals surface area contributed by atoms with Crippen molar-refractivity contribution in [2.24, 2.45) is 5.92 Å². The summed E-state index contributed by atoms with van der Waals surface area (Å²) >= 11 is 0. The molecule has 2 aromatic carbocycles. The van der Waals surface area contributed by atoms with Crippen LogP contribution in [0.5, 0.6) is 0 Å². The van der Waals surface area contributed by atoms with Gasteiger partial charge in [0.25, 0.3) is 0 Å². The maximum atomic E-state index is 15.6. The minimum atomic E-state index is -4.36. The van der Waals surface area contributed by atoms with Crippen molar-refractivity contribution < 1.29 is 35.9 Å². The van der Waals surface area contributed by atoms with Gasteiger partial charge in [0.1, 0.15) is 23.7 Å². The Hall–Kier alpha value is -4.49. The first-order valence-electron chi connectivity index (χ1n) is 15.3. The molecule has 11 nitrogen and oxygen atoms in total. The molecule has 1 atom stereocenters. The number of piperidine rings is 1. The van der Waals surface area contributed by atoms with E-state index in [9.17, 15) is 22.9 Å². The Labute approximate surface area is 275 Å². The minimum Gasteiger partial charge on any atom is -0.370 e. The number of nitrogens with one attached hydrogen (secondary N) is 2. The number of carbonyl (C=O) groups is 1. The van der Waals surface area contributed by atoms with Gasteiger partial charge in [-0.05, 0) is 55.2 Å². The molecule has 4 aromatic rings. The molecule has 2 aliphatic heterocycles. The summed E-state index contributed by atoms with van der Waals surface area (Å²) in [5, 5.41) is 10.3. The van der Waals surface area contributed by atoms with Gasteiger partial charge < -0.3 is 19.4 Å². The lowest BCUT2D eigenvalue weighted by atomic mass is 9.94. The second kappa shape index (κ2) is 13.6. The van der Waals surface area contributed by atoms with Crippen LogP contribution in [-0.4, -0.2) is 81.3 Å². The van der Waals surface area contributed by atoms with E-state index < -0.39 is 51.6 Å². The van der Waals surface area contributed by atoms with Crippen molar-refractivity contribution in [1.29, 1.82) is 5.26 Å². The van der Waals surface area contributed by atoms with Gasteiger partial charge in [0.2, 0.25) is 5.78 Å². The Morgan fingerprint density at radius 2 is 1.83 bits per heavy atom. The fourth-order valence-corrected chi connectivity index (χ4v) is 7.68. The van der Waals surface area contributed by atoms with Crippen molar-refractivity contribution in [2.75, 3.05) is 50.0 Å². The van der Waals surface area contributed by atoms with Gasteiger partial charge in [0, 0.05) is 75.2 Å². The number of methoxy groups -OCH3 is 2. The van der Waals surface area contributed by atoms with E-state index >= 15 is 8.78 Å². The highest BCUT2D eigenvalue weighted by atomic mass is 32.2. The Balaban J connectivity index is 1.27. The minimum absolute atomic E-state index is 0.00109. The van der Waals surface area contributed by atoms with Gasteiger partial charge in [-0.15, -0.1) is 0 Å². The van der Waals surface area contributed by atoms with E-state index in [1.54, 1.807) is 32.5 Å². The van der Waals surface area contributed by atoms with Crippen LogP contribution in [0.25, 0.3) is 22.2 Å². The summed E-state index contributed by atoms with van der Waals surface area (Å²) < 4.78 is 83.4. The third kappa shape index (κ3) is 6.36. The van der Waals surface area contributed by atoms with E-state index in [-0.39, 0.29) is 41.8 Å². The summed E-state index contributed by atoms with van der Waals surface area (Å²) in [7, 11) is -1.12. The molecule has 0 saturated carbocycles. The first-order chi connectivity index (χ1) is 23.0. The molecule has 2 aliphatic rings. The van der Waals surface area contributed by atoms with E-state index in [2.05, 4.69) is 20.9 Å². The van der Waals surface area contributed by atoms with Gasteiger partial charge >= 0.3 is 10.2 Å². The number of anilines is 2. The molecular weight excluding hydrogens is 649 g/mol. The Morgan fingerprint density at radius 1 is 1.08 bits per heavy atom. The zero-order chi connectivity index (χ0) is 34.2. The first kappa shape index (κ1) is 33.4. The van der Waals surface area contributed by atoms with Gasteiger partial charge in [-0.1, -0.05) is 6.07 Å². The number of halogens is 3. The molecule has 48 heavy (non-hydrogen) atoms. The number of alkyl halides is 1. The lowest BCUT2D eigenvalue weighted by molar-refractivity contribution is -0.141. The number of nitrogens with zero attached hydrogens (tertiary/aromatic N) is 4. The average molecular weight is 683 g/mol. The van der Waals surface area contributed by atoms with Crippen molar-refractivity contribution in [3.8, 4) is 17.2 Å². The quantitative estimate of drug-likeness (QED) is 0.173. The Bertz CT molecular complexity index is 2000. The summed E-state index contributed by atoms with van der Waals surface area (Å²) in [6.07, 6.45) is 2.86. The maximum Gasteiger partial charge on any atom is 0.301 e. The summed E-state index contributed by atoms with van der Waals surface area (Å²) in [6.45, 7) is 0.944. The average Bonchev–Trinajstić information content (AvgIpc) is 3.73. The van der Waals surface area contributed by atoms with Crippen LogP contribution in [0.4, 0.5) is 24.5 Å². The maximum absolute atomic E-state index is 15.6. The molecular formula is C33H33F3N6O5S. The Kier molecular flexibility index (Phi) is 9.44. The fourth-order valence-electron chi connectivity index (χ4n) is 6.41. The standard InChI is InChI=1S/C33H33F3N6O5S/c1-46-33(47-2)19-7-10-41(11-8-19)28-6-3-20(13-21(28)15-37)22-14-24-25(17-39-32(24)38-16-22)31(43)29-26(35)4-5-27(30(29)36)40-48(44,45)42-12-9-23(34)18-42/h3-6,13-14,16-17,19,23,33,40H,7-12,18H2,1-2H3,(H,38,39). The molecule has 15 heteroatoms. The monoisotopic (exact) mass is 682 g/mol. The van der Waals surface area contributed by atoms with Crippen LogP contribution in [0, 0.1) is 28.9 Å². The molecule has 2 N–H and O–H groups in total. The van der Waals surface area contributed by atoms with Gasteiger partial charge in [-0.3, -0.25) is 9.52 Å². The van der Waals surface area contributed by atoms with Crippen molar-refractivity contribution in [1.82, 2.24) is 14.3 Å². The molecule has 0 radical (unpaired) electrons. The summed E-state index contributed by atoms with van der Waals surface area (Å²) in [5.74, 6) is -3.40. The number of benzene rings is 2. The van der Waals surface area contributed by atoms with Crippen LogP contribution in [0.2, 0.25) is 0 Å². The number of hydrogen-bond donors (Lipinski definition) is 2. The van der Waals surface area contributed by atoms with Crippen molar-refractivity contribution in [3.63, 3.8) is 0 Å². The molecule has 1 unspecified atom stereocenters. The zero-order valence-electron chi connectivity index (χ0n) is 26.2. The smallest absolute Gasteiger partial charge is 0.301 e. The van der Waals surface area contributed by atoms with E-state index in [1.165, 1.54) is 6.20 Å². The lowest BCUT2D eigenvalue weighted by Gasteiger charge is -2.36. The van der Waals surface area contributed by atoms with Gasteiger partial charge in [-0.25, -0.2) is 18.2 Å². The van der Waals surface area contributed by atoms with E-state index in [4.69, 9.17) is 9.47 Å². The van der Waals surface area contributed by atoms with E-state index in [0.29, 0.717) is 16.7 Å². The van der Waals surface area contributed by atoms with E-state index in [1.807, 2.05) is 16.9 Å². The van der Waals surface area contributed by atoms with Crippen LogP contribution < -0.4 is 9.62 Å². The fraction of sp³-hybridized carbons (Fsp3) is 0.364. The molecule has 2 aromatic heterocycles. The zero-order valence-corrected chi connectivity index (χ0v) is 27.0. The number of nitriles is 1. The Morgan fingerprint density at radius 3 is 2.50 bits per heavy atom. The highest BCUT2D eigenvalue weighted by molar-refractivity contribution is 7.90. The van der Waals surface area contributed by atoms with Crippen LogP contribution >= 0.6 is 0 Å². The SMILES string of the molecule is COC(OC)C1CCN(c2ccc(-c3cnc4[nH]cc(C(=O)c5c(F)ccc(NS(=O)(=O)N6CCC(F)C6)c5F)c4c3)cc2C#N)CC1. The highest BCUT2D eigenvalue weighted by Crippen LogP contribution is 2.34. The normalized spacial score (nSPS) is 17.7. The van der Waals surface area contributed by atoms with Crippen LogP contribution in [0.15, 0.2) is 48.8 Å². The van der Waals surface area contributed by atoms with Crippen LogP contribution in [-0.2, 0) is 19.7 Å². The molecule has 0 amide bonds. The number of rotatable bonds is 10. The lowest BCUT2D eigenvalue weighted by Crippen LogP contribution is -2.39. The number of hydrogen-bond acceptors (Lipinski definition) is 8. The van der Waals surface area contributed by atoms with Gasteiger partial charge in [0.15, 0.2) is 12.1 Å². The first-order valence-corrected chi connectivity index (χ1v) is 16.8. The van der Waals surface area contributed by atoms with Gasteiger partial charge in [0.05, 0.1) is 22.5 Å². The third-order valence-corrected chi connectivity index (χ3v) is 10.4. The molecule has 4 heterocycles. The van der Waals surface area contributed by atoms with Gasteiger partial charge in [-0.2, -0.15) is 18.0 Å². The van der Waals surface area contributed by atoms with Crippen LogP contribution in [0.1, 0.15) is 40.7 Å². The molecule has 0 spiro atoms. The van der Waals surface area contributed by atoms with Crippen molar-refractivity contribution in [2.45, 2.75) is 31.7 Å². The topological polar surface area (TPSA) is 141 Å².